The van der Waals surface area contributed by atoms with Gasteiger partial charge in [-0.25, -0.2) is 4.79 Å². The Balaban J connectivity index is 1.37. The molecule has 3 aromatic rings. The molecule has 162 valence electrons. The summed E-state index contributed by atoms with van der Waals surface area (Å²) < 4.78 is 35.3. The van der Waals surface area contributed by atoms with Gasteiger partial charge in [0, 0.05) is 25.2 Å². The van der Waals surface area contributed by atoms with E-state index >= 15 is 0 Å². The number of aromatic nitrogens is 3. The van der Waals surface area contributed by atoms with E-state index in [1.54, 1.807) is 36.2 Å². The Labute approximate surface area is 177 Å². The molecule has 31 heavy (non-hydrogen) atoms. The van der Waals surface area contributed by atoms with Crippen LogP contribution in [-0.4, -0.2) is 45.8 Å². The van der Waals surface area contributed by atoms with Crippen LogP contribution in [0.2, 0.25) is 0 Å². The summed E-state index contributed by atoms with van der Waals surface area (Å²) >= 11 is 0. The van der Waals surface area contributed by atoms with E-state index < -0.39 is 6.61 Å². The van der Waals surface area contributed by atoms with Crippen LogP contribution in [0.4, 0.5) is 19.3 Å². The number of para-hydroxylation sites is 1. The number of likely N-dealkylation sites (tertiary alicyclic amines) is 1. The summed E-state index contributed by atoms with van der Waals surface area (Å²) in [5, 5.41) is 6.70. The predicted molar refractivity (Wildman–Crippen MR) is 108 cm³/mol. The molecular weight excluding hydrogens is 408 g/mol. The molecule has 1 saturated heterocycles. The summed E-state index contributed by atoms with van der Waals surface area (Å²) in [6.45, 7) is -0.322. The third kappa shape index (κ3) is 4.79. The van der Waals surface area contributed by atoms with Crippen LogP contribution >= 0.6 is 0 Å². The van der Waals surface area contributed by atoms with Gasteiger partial charge in [-0.1, -0.05) is 23.4 Å². The number of halogens is 2. The Bertz CT molecular complexity index is 1040. The molecule has 4 rings (SSSR count). The van der Waals surface area contributed by atoms with Gasteiger partial charge in [0.15, 0.2) is 0 Å². The van der Waals surface area contributed by atoms with Gasteiger partial charge in [0.1, 0.15) is 11.4 Å². The van der Waals surface area contributed by atoms with Crippen LogP contribution in [0.1, 0.15) is 30.2 Å². The summed E-state index contributed by atoms with van der Waals surface area (Å²) in [7, 11) is 0. The number of anilines is 1. The van der Waals surface area contributed by atoms with Crippen LogP contribution in [0.5, 0.6) is 5.75 Å². The van der Waals surface area contributed by atoms with Gasteiger partial charge in [-0.2, -0.15) is 13.8 Å². The number of aryl methyl sites for hydroxylation is 1. The zero-order chi connectivity index (χ0) is 21.8. The van der Waals surface area contributed by atoms with Crippen LogP contribution in [0.3, 0.4) is 0 Å². The number of nitrogens with zero attached hydrogens (tertiary/aromatic N) is 4. The van der Waals surface area contributed by atoms with E-state index in [0.717, 1.165) is 0 Å². The van der Waals surface area contributed by atoms with E-state index in [0.29, 0.717) is 48.9 Å². The van der Waals surface area contributed by atoms with Crippen molar-refractivity contribution in [3.05, 3.63) is 54.0 Å². The number of amides is 2. The number of carbonyl (C=O) groups is 1. The molecule has 0 unspecified atom stereocenters. The Morgan fingerprint density at radius 2 is 2.03 bits per heavy atom. The van der Waals surface area contributed by atoms with Crippen molar-refractivity contribution in [2.24, 2.45) is 0 Å². The SMILES string of the molecule is Cc1cccc(OC(F)F)c1NC(=O)N1CCC(c2nc(-c3ccccn3)no2)CC1. The number of alkyl halides is 2. The predicted octanol–water partition coefficient (Wildman–Crippen LogP) is 4.45. The normalized spacial score (nSPS) is 14.6. The fraction of sp³-hybridized carbons (Fsp3) is 0.333. The number of ether oxygens (including phenoxy) is 1. The number of pyridine rings is 1. The van der Waals surface area contributed by atoms with Crippen molar-refractivity contribution in [1.29, 1.82) is 0 Å². The summed E-state index contributed by atoms with van der Waals surface area (Å²) in [5.41, 5.74) is 1.51. The van der Waals surface area contributed by atoms with E-state index in [1.807, 2.05) is 12.1 Å². The quantitative estimate of drug-likeness (QED) is 0.644. The molecule has 0 radical (unpaired) electrons. The van der Waals surface area contributed by atoms with Crippen molar-refractivity contribution < 1.29 is 22.8 Å². The monoisotopic (exact) mass is 429 g/mol. The summed E-state index contributed by atoms with van der Waals surface area (Å²) in [4.78, 5) is 23.0. The smallest absolute Gasteiger partial charge is 0.387 e. The summed E-state index contributed by atoms with van der Waals surface area (Å²) in [6.07, 6.45) is 2.95. The van der Waals surface area contributed by atoms with Gasteiger partial charge in [0.2, 0.25) is 11.7 Å². The molecule has 0 bridgehead atoms. The molecule has 0 aliphatic carbocycles. The lowest BCUT2D eigenvalue weighted by molar-refractivity contribution is -0.0493. The van der Waals surface area contributed by atoms with E-state index in [9.17, 15) is 13.6 Å². The number of benzene rings is 1. The number of hydrogen-bond donors (Lipinski definition) is 1. The van der Waals surface area contributed by atoms with E-state index in [2.05, 4.69) is 25.2 Å². The first-order valence-electron chi connectivity index (χ1n) is 9.86. The molecule has 1 N–H and O–H groups in total. The van der Waals surface area contributed by atoms with Gasteiger partial charge in [-0.05, 0) is 43.5 Å². The fourth-order valence-corrected chi connectivity index (χ4v) is 3.51. The highest BCUT2D eigenvalue weighted by atomic mass is 19.3. The lowest BCUT2D eigenvalue weighted by atomic mass is 9.97. The van der Waals surface area contributed by atoms with Gasteiger partial charge in [-0.15, -0.1) is 0 Å². The maximum absolute atomic E-state index is 12.7. The molecule has 0 spiro atoms. The molecule has 1 aromatic carbocycles. The van der Waals surface area contributed by atoms with Gasteiger partial charge in [0.25, 0.3) is 0 Å². The molecule has 8 nitrogen and oxygen atoms in total. The molecular formula is C21H21F2N5O3. The molecule has 2 amide bonds. The third-order valence-electron chi connectivity index (χ3n) is 5.15. The molecule has 0 saturated carbocycles. The van der Waals surface area contributed by atoms with Crippen LogP contribution in [0.25, 0.3) is 11.5 Å². The maximum Gasteiger partial charge on any atom is 0.387 e. The van der Waals surface area contributed by atoms with Crippen molar-refractivity contribution >= 4 is 11.7 Å². The number of rotatable bonds is 5. The van der Waals surface area contributed by atoms with Crippen LogP contribution < -0.4 is 10.1 Å². The Kier molecular flexibility index (Phi) is 6.06. The number of urea groups is 1. The van der Waals surface area contributed by atoms with E-state index in [-0.39, 0.29) is 23.4 Å². The van der Waals surface area contributed by atoms with Crippen molar-refractivity contribution in [1.82, 2.24) is 20.0 Å². The number of carbonyl (C=O) groups excluding carboxylic acids is 1. The first-order chi connectivity index (χ1) is 15.0. The molecule has 10 heteroatoms. The standard InChI is InChI=1S/C21H21F2N5O3/c1-13-5-4-7-16(30-20(22)23)17(13)25-21(29)28-11-8-14(9-12-28)19-26-18(27-31-19)15-6-2-3-10-24-15/h2-7,10,14,20H,8-9,11-12H2,1H3,(H,25,29). The van der Waals surface area contributed by atoms with Crippen LogP contribution in [0, 0.1) is 6.92 Å². The Morgan fingerprint density at radius 1 is 1.23 bits per heavy atom. The molecule has 1 fully saturated rings. The molecule has 0 atom stereocenters. The fourth-order valence-electron chi connectivity index (χ4n) is 3.51. The number of nitrogens with one attached hydrogen (secondary N) is 1. The van der Waals surface area contributed by atoms with Crippen LogP contribution in [0.15, 0.2) is 47.1 Å². The highest BCUT2D eigenvalue weighted by Gasteiger charge is 2.28. The van der Waals surface area contributed by atoms with Crippen molar-refractivity contribution in [2.75, 3.05) is 18.4 Å². The first kappa shape index (κ1) is 20.7. The maximum atomic E-state index is 12.7. The summed E-state index contributed by atoms with van der Waals surface area (Å²) in [6, 6.07) is 9.81. The lowest BCUT2D eigenvalue weighted by Gasteiger charge is -2.30. The van der Waals surface area contributed by atoms with Gasteiger partial charge in [-0.3, -0.25) is 4.98 Å². The average Bonchev–Trinajstić information content (AvgIpc) is 3.27. The summed E-state index contributed by atoms with van der Waals surface area (Å²) in [5.74, 6) is 0.922. The van der Waals surface area contributed by atoms with E-state index in [1.165, 1.54) is 6.07 Å². The number of piperidine rings is 1. The second-order valence-electron chi connectivity index (χ2n) is 7.19. The van der Waals surface area contributed by atoms with Gasteiger partial charge in [0.05, 0.1) is 5.69 Å². The molecule has 1 aliphatic heterocycles. The van der Waals surface area contributed by atoms with Gasteiger partial charge >= 0.3 is 12.6 Å². The highest BCUT2D eigenvalue weighted by molar-refractivity contribution is 5.92. The minimum absolute atomic E-state index is 0.0326. The van der Waals surface area contributed by atoms with Crippen molar-refractivity contribution in [2.45, 2.75) is 32.3 Å². The average molecular weight is 429 g/mol. The number of hydrogen-bond acceptors (Lipinski definition) is 6. The molecule has 2 aromatic heterocycles. The van der Waals surface area contributed by atoms with Crippen molar-refractivity contribution in [3.8, 4) is 17.3 Å². The zero-order valence-electron chi connectivity index (χ0n) is 16.8. The van der Waals surface area contributed by atoms with Gasteiger partial charge < -0.3 is 19.5 Å². The third-order valence-corrected chi connectivity index (χ3v) is 5.15. The van der Waals surface area contributed by atoms with Crippen molar-refractivity contribution in [3.63, 3.8) is 0 Å². The molecule has 1 aliphatic rings. The molecule has 3 heterocycles. The second kappa shape index (κ2) is 9.07. The van der Waals surface area contributed by atoms with E-state index in [4.69, 9.17) is 4.52 Å². The zero-order valence-corrected chi connectivity index (χ0v) is 16.8. The topological polar surface area (TPSA) is 93.4 Å². The lowest BCUT2D eigenvalue weighted by Crippen LogP contribution is -2.40. The Hall–Kier alpha value is -3.56. The first-order valence-corrected chi connectivity index (χ1v) is 9.86. The highest BCUT2D eigenvalue weighted by Crippen LogP contribution is 2.31. The minimum atomic E-state index is -2.97. The largest absolute Gasteiger partial charge is 0.433 e. The minimum Gasteiger partial charge on any atom is -0.433 e. The second-order valence-corrected chi connectivity index (χ2v) is 7.19. The Morgan fingerprint density at radius 3 is 2.74 bits per heavy atom. The van der Waals surface area contributed by atoms with Crippen LogP contribution in [-0.2, 0) is 0 Å².